The first kappa shape index (κ1) is 9.55. The monoisotopic (exact) mass is 194 g/mol. The molecule has 0 aliphatic carbocycles. The summed E-state index contributed by atoms with van der Waals surface area (Å²) in [7, 11) is 0. The van der Waals surface area contributed by atoms with Gasteiger partial charge in [0.2, 0.25) is 0 Å². The third-order valence-corrected chi connectivity index (χ3v) is 2.43. The maximum atomic E-state index is 8.83. The van der Waals surface area contributed by atoms with Crippen molar-refractivity contribution in [1.82, 2.24) is 9.97 Å². The lowest BCUT2D eigenvalue weighted by molar-refractivity contribution is 0.0780. The van der Waals surface area contributed by atoms with E-state index in [4.69, 9.17) is 9.84 Å². The second kappa shape index (κ2) is 4.48. The van der Waals surface area contributed by atoms with E-state index in [0.717, 1.165) is 37.4 Å². The first-order valence-electron chi connectivity index (χ1n) is 4.89. The zero-order valence-electron chi connectivity index (χ0n) is 8.02. The van der Waals surface area contributed by atoms with Crippen molar-refractivity contribution < 1.29 is 9.84 Å². The predicted octanol–water partition coefficient (Wildman–Crippen LogP) is 0.863. The van der Waals surface area contributed by atoms with Crippen LogP contribution in [0.2, 0.25) is 0 Å². The van der Waals surface area contributed by atoms with E-state index in [9.17, 15) is 0 Å². The highest BCUT2D eigenvalue weighted by Crippen LogP contribution is 2.21. The van der Waals surface area contributed by atoms with E-state index in [2.05, 4.69) is 9.97 Å². The van der Waals surface area contributed by atoms with Crippen molar-refractivity contribution in [2.45, 2.75) is 25.4 Å². The van der Waals surface area contributed by atoms with Gasteiger partial charge in [-0.05, 0) is 12.8 Å². The first-order chi connectivity index (χ1) is 6.90. The number of nitrogens with zero attached hydrogens (tertiary/aromatic N) is 2. The van der Waals surface area contributed by atoms with Gasteiger partial charge in [0.15, 0.2) is 0 Å². The Labute approximate surface area is 83.0 Å². The first-order valence-corrected chi connectivity index (χ1v) is 4.89. The Morgan fingerprint density at radius 3 is 2.79 bits per heavy atom. The lowest BCUT2D eigenvalue weighted by Crippen LogP contribution is -2.17. The van der Waals surface area contributed by atoms with Crippen molar-refractivity contribution in [3.63, 3.8) is 0 Å². The maximum Gasteiger partial charge on any atom is 0.133 e. The molecule has 1 atom stereocenters. The minimum absolute atomic E-state index is 0.00144. The number of ether oxygens (including phenoxy) is 1. The van der Waals surface area contributed by atoms with Gasteiger partial charge in [-0.15, -0.1) is 0 Å². The van der Waals surface area contributed by atoms with Gasteiger partial charge in [-0.1, -0.05) is 0 Å². The van der Waals surface area contributed by atoms with Crippen LogP contribution in [0.25, 0.3) is 0 Å². The highest BCUT2D eigenvalue weighted by molar-refractivity contribution is 5.06. The summed E-state index contributed by atoms with van der Waals surface area (Å²) in [5.41, 5.74) is 0.755. The summed E-state index contributed by atoms with van der Waals surface area (Å²) < 4.78 is 5.36. The lowest BCUT2D eigenvalue weighted by Gasteiger charge is -2.20. The van der Waals surface area contributed by atoms with Crippen LogP contribution in [-0.2, 0) is 11.3 Å². The van der Waals surface area contributed by atoms with Gasteiger partial charge in [0.25, 0.3) is 0 Å². The number of hydrogen-bond donors (Lipinski definition) is 1. The Balaban J connectivity index is 2.07. The van der Waals surface area contributed by atoms with E-state index in [1.807, 2.05) is 0 Å². The molecule has 2 heterocycles. The van der Waals surface area contributed by atoms with Crippen LogP contribution in [0.1, 0.15) is 30.1 Å². The van der Waals surface area contributed by atoms with E-state index in [1.54, 1.807) is 12.4 Å². The molecule has 76 valence electrons. The molecule has 0 aromatic carbocycles. The van der Waals surface area contributed by atoms with Gasteiger partial charge in [0, 0.05) is 30.5 Å². The molecule has 1 aromatic rings. The smallest absolute Gasteiger partial charge is 0.133 e. The van der Waals surface area contributed by atoms with Crippen LogP contribution in [0, 0.1) is 0 Å². The molecule has 0 spiro atoms. The molecular formula is C10H14N2O2. The third kappa shape index (κ3) is 2.08. The zero-order chi connectivity index (χ0) is 9.80. The largest absolute Gasteiger partial charge is 0.392 e. The van der Waals surface area contributed by atoms with E-state index in [1.165, 1.54) is 0 Å². The van der Waals surface area contributed by atoms with Crippen molar-refractivity contribution in [2.24, 2.45) is 0 Å². The van der Waals surface area contributed by atoms with E-state index in [0.29, 0.717) is 5.92 Å². The summed E-state index contributed by atoms with van der Waals surface area (Å²) in [4.78, 5) is 8.44. The summed E-state index contributed by atoms with van der Waals surface area (Å²) in [6.07, 6.45) is 5.53. The molecule has 0 radical (unpaired) electrons. The third-order valence-electron chi connectivity index (χ3n) is 2.43. The fourth-order valence-electron chi connectivity index (χ4n) is 1.60. The highest BCUT2D eigenvalue weighted by atomic mass is 16.5. The van der Waals surface area contributed by atoms with E-state index < -0.39 is 0 Å². The summed E-state index contributed by atoms with van der Waals surface area (Å²) in [5.74, 6) is 1.17. The number of aliphatic hydroxyl groups is 1. The van der Waals surface area contributed by atoms with Crippen LogP contribution < -0.4 is 0 Å². The molecule has 1 N–H and O–H groups in total. The molecule has 1 saturated heterocycles. The summed E-state index contributed by atoms with van der Waals surface area (Å²) in [6.45, 7) is 1.57. The van der Waals surface area contributed by atoms with Crippen LogP contribution in [0.4, 0.5) is 0 Å². The Morgan fingerprint density at radius 2 is 2.21 bits per heavy atom. The molecule has 0 bridgehead atoms. The minimum atomic E-state index is 0.00144. The van der Waals surface area contributed by atoms with Crippen molar-refractivity contribution >= 4 is 0 Å². The number of rotatable bonds is 2. The molecule has 1 fully saturated rings. The number of hydrogen-bond acceptors (Lipinski definition) is 4. The summed E-state index contributed by atoms with van der Waals surface area (Å²) >= 11 is 0. The quantitative estimate of drug-likeness (QED) is 0.758. The average molecular weight is 194 g/mol. The van der Waals surface area contributed by atoms with Crippen molar-refractivity contribution in [3.05, 3.63) is 23.8 Å². The molecule has 0 amide bonds. The second-order valence-electron chi connectivity index (χ2n) is 3.52. The average Bonchev–Trinajstić information content (AvgIpc) is 2.30. The molecule has 4 nitrogen and oxygen atoms in total. The molecular weight excluding hydrogens is 180 g/mol. The van der Waals surface area contributed by atoms with Gasteiger partial charge in [0.1, 0.15) is 5.82 Å². The molecule has 1 unspecified atom stereocenters. The van der Waals surface area contributed by atoms with Gasteiger partial charge in [0.05, 0.1) is 13.2 Å². The predicted molar refractivity (Wildman–Crippen MR) is 50.7 cm³/mol. The number of aliphatic hydroxyl groups excluding tert-OH is 1. The Hall–Kier alpha value is -1.00. The van der Waals surface area contributed by atoms with E-state index >= 15 is 0 Å². The van der Waals surface area contributed by atoms with E-state index in [-0.39, 0.29) is 6.61 Å². The second-order valence-corrected chi connectivity index (χ2v) is 3.52. The van der Waals surface area contributed by atoms with Crippen molar-refractivity contribution in [3.8, 4) is 0 Å². The van der Waals surface area contributed by atoms with Gasteiger partial charge in [-0.3, -0.25) is 0 Å². The molecule has 14 heavy (non-hydrogen) atoms. The standard InChI is InChI=1S/C10H14N2O2/c13-6-8-4-11-10(12-5-8)9-2-1-3-14-7-9/h4-5,9,13H,1-3,6-7H2. The van der Waals surface area contributed by atoms with Gasteiger partial charge in [-0.25, -0.2) is 9.97 Å². The summed E-state index contributed by atoms with van der Waals surface area (Å²) in [5, 5.41) is 8.83. The lowest BCUT2D eigenvalue weighted by atomic mass is 10.0. The Morgan fingerprint density at radius 1 is 1.43 bits per heavy atom. The molecule has 4 heteroatoms. The maximum absolute atomic E-state index is 8.83. The van der Waals surface area contributed by atoms with Gasteiger partial charge < -0.3 is 9.84 Å². The molecule has 2 rings (SSSR count). The topological polar surface area (TPSA) is 55.2 Å². The molecule has 1 aliphatic rings. The van der Waals surface area contributed by atoms with Crippen molar-refractivity contribution in [2.75, 3.05) is 13.2 Å². The van der Waals surface area contributed by atoms with Crippen LogP contribution in [0.5, 0.6) is 0 Å². The van der Waals surface area contributed by atoms with Crippen molar-refractivity contribution in [1.29, 1.82) is 0 Å². The molecule has 0 saturated carbocycles. The van der Waals surface area contributed by atoms with Gasteiger partial charge >= 0.3 is 0 Å². The van der Waals surface area contributed by atoms with Crippen LogP contribution in [0.15, 0.2) is 12.4 Å². The normalized spacial score (nSPS) is 22.2. The van der Waals surface area contributed by atoms with Crippen LogP contribution in [-0.4, -0.2) is 28.3 Å². The zero-order valence-corrected chi connectivity index (χ0v) is 8.02. The minimum Gasteiger partial charge on any atom is -0.392 e. The molecule has 1 aliphatic heterocycles. The molecule has 1 aromatic heterocycles. The Kier molecular flexibility index (Phi) is 3.06. The van der Waals surface area contributed by atoms with Gasteiger partial charge in [-0.2, -0.15) is 0 Å². The SMILES string of the molecule is OCc1cnc(C2CCCOC2)nc1. The van der Waals surface area contributed by atoms with Crippen LogP contribution in [0.3, 0.4) is 0 Å². The highest BCUT2D eigenvalue weighted by Gasteiger charge is 2.18. The Bertz CT molecular complexity index is 281. The summed E-state index contributed by atoms with van der Waals surface area (Å²) in [6, 6.07) is 0. The van der Waals surface area contributed by atoms with Crippen LogP contribution >= 0.6 is 0 Å². The fraction of sp³-hybridized carbons (Fsp3) is 0.600. The fourth-order valence-corrected chi connectivity index (χ4v) is 1.60. The number of aromatic nitrogens is 2.